The molecule has 0 radical (unpaired) electrons. The Morgan fingerprint density at radius 3 is 0.546 bits per heavy atom. The second-order valence-corrected chi connectivity index (χ2v) is 34.9. The Bertz CT molecular complexity index is 2030. The van der Waals surface area contributed by atoms with Crippen molar-refractivity contribution < 1.29 is 80.2 Å². The van der Waals surface area contributed by atoms with E-state index in [-0.39, 0.29) is 25.7 Å². The van der Waals surface area contributed by atoms with E-state index in [0.717, 1.165) is 89.9 Å². The summed E-state index contributed by atoms with van der Waals surface area (Å²) < 4.78 is 69.0. The minimum absolute atomic E-state index is 0.109. The average molecular weight is 1580 g/mol. The zero-order chi connectivity index (χ0) is 78.9. The van der Waals surface area contributed by atoms with Gasteiger partial charge in [-0.05, 0) is 25.7 Å². The highest BCUT2D eigenvalue weighted by molar-refractivity contribution is 7.47. The molecule has 0 aromatic carbocycles. The van der Waals surface area contributed by atoms with Gasteiger partial charge in [-0.3, -0.25) is 37.3 Å². The number of aliphatic hydroxyl groups is 1. The van der Waals surface area contributed by atoms with Gasteiger partial charge in [-0.1, -0.05) is 439 Å². The van der Waals surface area contributed by atoms with Gasteiger partial charge >= 0.3 is 39.5 Å². The lowest BCUT2D eigenvalue weighted by molar-refractivity contribution is -0.161. The van der Waals surface area contributed by atoms with Crippen LogP contribution in [0.25, 0.3) is 0 Å². The molecule has 2 unspecified atom stereocenters. The molecule has 0 amide bonds. The first-order chi connectivity index (χ1) is 52.7. The summed E-state index contributed by atoms with van der Waals surface area (Å²) in [6.07, 6.45) is 79.1. The monoisotopic (exact) mass is 1580 g/mol. The number of rotatable bonds is 90. The fourth-order valence-corrected chi connectivity index (χ4v) is 15.6. The van der Waals surface area contributed by atoms with Gasteiger partial charge in [-0.25, -0.2) is 9.13 Å². The van der Waals surface area contributed by atoms with E-state index in [0.29, 0.717) is 25.7 Å². The zero-order valence-electron chi connectivity index (χ0n) is 70.8. The number of phosphoric acid groups is 2. The summed E-state index contributed by atoms with van der Waals surface area (Å²) in [5.74, 6) is -2.09. The third-order valence-corrected chi connectivity index (χ3v) is 23.0. The molecule has 642 valence electrons. The standard InChI is InChI=1S/C89H174O17P2/c1-5-9-13-17-21-25-29-33-36-38-40-41-42-43-45-48-52-56-60-64-68-72-76-89(94)106-85(80-100-87(92)74-70-66-62-58-54-50-47-44-39-37-34-30-26-22-18-14-10-6-2)82-104-108(97,98)102-78-83(90)77-101-107(95,96)103-81-84(79-99-86(91)73-69-65-61-57-53-49-32-28-24-20-16-12-8-4)105-88(93)75-71-67-63-59-55-51-46-35-31-27-23-19-15-11-7-3/h83-85,90H,5-82H2,1-4H3,(H,95,96)(H,97,98)/t83-,84+,85+/m0/s1. The van der Waals surface area contributed by atoms with Gasteiger partial charge in [0.05, 0.1) is 26.4 Å². The van der Waals surface area contributed by atoms with Crippen LogP contribution < -0.4 is 0 Å². The lowest BCUT2D eigenvalue weighted by Gasteiger charge is -2.21. The molecule has 17 nitrogen and oxygen atoms in total. The molecule has 0 aliphatic rings. The summed E-state index contributed by atoms with van der Waals surface area (Å²) in [7, 11) is -9.93. The van der Waals surface area contributed by atoms with Crippen LogP contribution in [0.4, 0.5) is 0 Å². The van der Waals surface area contributed by atoms with Crippen LogP contribution in [0.3, 0.4) is 0 Å². The van der Waals surface area contributed by atoms with Crippen molar-refractivity contribution in [1.82, 2.24) is 0 Å². The Hall–Kier alpha value is -1.94. The molecule has 0 spiro atoms. The van der Waals surface area contributed by atoms with E-state index < -0.39 is 97.5 Å². The maximum atomic E-state index is 13.2. The van der Waals surface area contributed by atoms with Gasteiger partial charge in [0.1, 0.15) is 19.3 Å². The smallest absolute Gasteiger partial charge is 0.462 e. The molecule has 0 bridgehead atoms. The first kappa shape index (κ1) is 106. The summed E-state index contributed by atoms with van der Waals surface area (Å²) in [5.41, 5.74) is 0. The van der Waals surface area contributed by atoms with Crippen LogP contribution >= 0.6 is 15.6 Å². The molecule has 0 aliphatic heterocycles. The second kappa shape index (κ2) is 83.0. The van der Waals surface area contributed by atoms with Crippen molar-refractivity contribution in [3.8, 4) is 0 Å². The van der Waals surface area contributed by atoms with Crippen molar-refractivity contribution in [2.75, 3.05) is 39.6 Å². The van der Waals surface area contributed by atoms with Crippen LogP contribution in [0, 0.1) is 0 Å². The lowest BCUT2D eigenvalue weighted by Crippen LogP contribution is -2.30. The van der Waals surface area contributed by atoms with Crippen molar-refractivity contribution in [3.63, 3.8) is 0 Å². The average Bonchev–Trinajstić information content (AvgIpc) is 0.899. The van der Waals surface area contributed by atoms with Gasteiger partial charge in [0, 0.05) is 25.7 Å². The topological polar surface area (TPSA) is 237 Å². The predicted molar refractivity (Wildman–Crippen MR) is 446 cm³/mol. The molecular weight excluding hydrogens is 1400 g/mol. The first-order valence-electron chi connectivity index (χ1n) is 46.3. The molecule has 0 rings (SSSR count). The molecular formula is C89H174O17P2. The van der Waals surface area contributed by atoms with E-state index in [1.165, 1.54) is 321 Å². The molecule has 0 heterocycles. The highest BCUT2D eigenvalue weighted by Gasteiger charge is 2.30. The molecule has 0 aromatic rings. The van der Waals surface area contributed by atoms with Crippen molar-refractivity contribution in [2.24, 2.45) is 0 Å². The van der Waals surface area contributed by atoms with Crippen molar-refractivity contribution in [2.45, 2.75) is 508 Å². The Balaban J connectivity index is 5.24. The van der Waals surface area contributed by atoms with Crippen LogP contribution in [0.15, 0.2) is 0 Å². The number of carbonyl (C=O) groups is 4. The maximum Gasteiger partial charge on any atom is 0.472 e. The number of ether oxygens (including phenoxy) is 4. The predicted octanol–water partition coefficient (Wildman–Crippen LogP) is 27.7. The van der Waals surface area contributed by atoms with E-state index >= 15 is 0 Å². The van der Waals surface area contributed by atoms with E-state index in [2.05, 4.69) is 27.7 Å². The largest absolute Gasteiger partial charge is 0.472 e. The van der Waals surface area contributed by atoms with Crippen molar-refractivity contribution in [3.05, 3.63) is 0 Å². The quantitative estimate of drug-likeness (QED) is 0.0222. The summed E-state index contributed by atoms with van der Waals surface area (Å²) in [6, 6.07) is 0. The number of hydrogen-bond donors (Lipinski definition) is 3. The van der Waals surface area contributed by atoms with Crippen LogP contribution in [0.5, 0.6) is 0 Å². The Morgan fingerprint density at radius 2 is 0.370 bits per heavy atom. The van der Waals surface area contributed by atoms with Crippen molar-refractivity contribution >= 4 is 39.5 Å². The minimum atomic E-state index is -4.97. The molecule has 108 heavy (non-hydrogen) atoms. The van der Waals surface area contributed by atoms with Gasteiger partial charge in [-0.15, -0.1) is 0 Å². The fourth-order valence-electron chi connectivity index (χ4n) is 14.1. The SMILES string of the molecule is CCCCCCCCCCCCCCCCCCCCCCCCC(=O)O[C@H](COC(=O)CCCCCCCCCCCCCCCCCCCC)COP(=O)(O)OC[C@@H](O)COP(=O)(O)OC[C@@H](COC(=O)CCCCCCCCCCCCCCC)OC(=O)CCCCCCCCCCCCCCCCC. The first-order valence-corrected chi connectivity index (χ1v) is 49.3. The zero-order valence-corrected chi connectivity index (χ0v) is 72.6. The Labute approximate surface area is 664 Å². The van der Waals surface area contributed by atoms with Crippen LogP contribution in [0.1, 0.15) is 490 Å². The van der Waals surface area contributed by atoms with Crippen LogP contribution in [0.2, 0.25) is 0 Å². The number of phosphoric ester groups is 2. The Morgan fingerprint density at radius 1 is 0.222 bits per heavy atom. The van der Waals surface area contributed by atoms with Gasteiger partial charge in [0.2, 0.25) is 0 Å². The molecule has 0 fully saturated rings. The van der Waals surface area contributed by atoms with Gasteiger partial charge in [-0.2, -0.15) is 0 Å². The molecule has 0 aromatic heterocycles. The van der Waals surface area contributed by atoms with Crippen LogP contribution in [-0.4, -0.2) is 96.7 Å². The summed E-state index contributed by atoms with van der Waals surface area (Å²) in [4.78, 5) is 73.4. The molecule has 5 atom stereocenters. The fraction of sp³-hybridized carbons (Fsp3) is 0.955. The van der Waals surface area contributed by atoms with Gasteiger partial charge in [0.25, 0.3) is 0 Å². The number of esters is 4. The molecule has 0 aliphatic carbocycles. The molecule has 3 N–H and O–H groups in total. The molecule has 19 heteroatoms. The van der Waals surface area contributed by atoms with Crippen LogP contribution in [-0.2, 0) is 65.4 Å². The second-order valence-electron chi connectivity index (χ2n) is 32.0. The summed E-state index contributed by atoms with van der Waals surface area (Å²) >= 11 is 0. The highest BCUT2D eigenvalue weighted by atomic mass is 31.2. The third kappa shape index (κ3) is 82.1. The summed E-state index contributed by atoms with van der Waals surface area (Å²) in [5, 5.41) is 10.7. The minimum Gasteiger partial charge on any atom is -0.462 e. The normalized spacial score (nSPS) is 13.7. The number of hydrogen-bond acceptors (Lipinski definition) is 15. The maximum absolute atomic E-state index is 13.2. The highest BCUT2D eigenvalue weighted by Crippen LogP contribution is 2.45. The van der Waals surface area contributed by atoms with E-state index in [4.69, 9.17) is 37.0 Å². The molecule has 0 saturated carbocycles. The summed E-state index contributed by atoms with van der Waals surface area (Å²) in [6.45, 7) is 5.08. The van der Waals surface area contributed by atoms with E-state index in [1.54, 1.807) is 0 Å². The van der Waals surface area contributed by atoms with E-state index in [9.17, 15) is 43.2 Å². The number of carbonyl (C=O) groups excluding carboxylic acids is 4. The Kier molecular flexibility index (Phi) is 81.5. The van der Waals surface area contributed by atoms with E-state index in [1.807, 2.05) is 0 Å². The van der Waals surface area contributed by atoms with Crippen molar-refractivity contribution in [1.29, 1.82) is 0 Å². The van der Waals surface area contributed by atoms with Gasteiger partial charge in [0.15, 0.2) is 12.2 Å². The number of unbranched alkanes of at least 4 members (excludes halogenated alkanes) is 64. The lowest BCUT2D eigenvalue weighted by atomic mass is 10.0. The number of aliphatic hydroxyl groups excluding tert-OH is 1. The third-order valence-electron chi connectivity index (χ3n) is 21.1. The van der Waals surface area contributed by atoms with Gasteiger partial charge < -0.3 is 33.8 Å². The molecule has 0 saturated heterocycles.